The highest BCUT2D eigenvalue weighted by Crippen LogP contribution is 2.39. The van der Waals surface area contributed by atoms with E-state index < -0.39 is 5.97 Å². The number of amides is 2. The van der Waals surface area contributed by atoms with Crippen LogP contribution in [0.2, 0.25) is 0 Å². The number of fused-ring (bicyclic) bond motifs is 3. The van der Waals surface area contributed by atoms with Crippen molar-refractivity contribution < 1.29 is 19.1 Å². The summed E-state index contributed by atoms with van der Waals surface area (Å²) in [5.74, 6) is -1.14. The summed E-state index contributed by atoms with van der Waals surface area (Å²) in [5.41, 5.74) is 0. The van der Waals surface area contributed by atoms with E-state index in [1.165, 1.54) is 20.9 Å². The van der Waals surface area contributed by atoms with Crippen molar-refractivity contribution in [1.29, 1.82) is 0 Å². The summed E-state index contributed by atoms with van der Waals surface area (Å²) in [6, 6.07) is 9.85. The summed E-state index contributed by atoms with van der Waals surface area (Å²) >= 11 is 3.00. The normalized spacial score (nSPS) is 10.9. The van der Waals surface area contributed by atoms with Crippen LogP contribution in [-0.2, 0) is 14.3 Å². The van der Waals surface area contributed by atoms with Crippen LogP contribution < -0.4 is 5.32 Å². The van der Waals surface area contributed by atoms with Crippen molar-refractivity contribution in [3.8, 4) is 0 Å². The molecule has 0 atom stereocenters. The predicted molar refractivity (Wildman–Crippen MR) is 108 cm³/mol. The molecule has 8 heteroatoms. The maximum Gasteiger partial charge on any atom is 0.348 e. The van der Waals surface area contributed by atoms with Gasteiger partial charge < -0.3 is 15.0 Å². The lowest BCUT2D eigenvalue weighted by Crippen LogP contribution is -2.42. The smallest absolute Gasteiger partial charge is 0.348 e. The zero-order valence-electron chi connectivity index (χ0n) is 15.1. The second-order valence-electron chi connectivity index (χ2n) is 5.84. The van der Waals surface area contributed by atoms with Gasteiger partial charge in [0.05, 0.1) is 11.2 Å². The maximum atomic E-state index is 12.3. The molecule has 0 unspecified atom stereocenters. The van der Waals surface area contributed by atoms with Gasteiger partial charge in [-0.15, -0.1) is 22.7 Å². The average Bonchev–Trinajstić information content (AvgIpc) is 3.22. The molecule has 0 saturated heterocycles. The number of benzene rings is 1. The standard InChI is InChI=1S/C19H20N2O4S2/c1-3-20-16(22)10-21(4-2)17(23)11-25-19(24)15-9-14-18(27-15)12-7-5-6-8-13(12)26-14/h5-9H,3-4,10-11H2,1-2H3,(H,20,22). The van der Waals surface area contributed by atoms with Crippen molar-refractivity contribution in [2.24, 2.45) is 0 Å². The van der Waals surface area contributed by atoms with E-state index in [9.17, 15) is 14.4 Å². The molecule has 2 heterocycles. The van der Waals surface area contributed by atoms with Crippen molar-refractivity contribution in [3.05, 3.63) is 35.2 Å². The zero-order chi connectivity index (χ0) is 19.4. The molecule has 1 N–H and O–H groups in total. The van der Waals surface area contributed by atoms with Crippen LogP contribution in [0.4, 0.5) is 0 Å². The van der Waals surface area contributed by atoms with E-state index in [0.717, 1.165) is 14.8 Å². The monoisotopic (exact) mass is 404 g/mol. The van der Waals surface area contributed by atoms with Gasteiger partial charge >= 0.3 is 5.97 Å². The summed E-state index contributed by atoms with van der Waals surface area (Å²) in [7, 11) is 0. The van der Waals surface area contributed by atoms with Crippen molar-refractivity contribution in [3.63, 3.8) is 0 Å². The fourth-order valence-corrected chi connectivity index (χ4v) is 5.11. The number of carbonyl (C=O) groups is 3. The van der Waals surface area contributed by atoms with Crippen LogP contribution in [0.5, 0.6) is 0 Å². The number of nitrogens with one attached hydrogen (secondary N) is 1. The SMILES string of the molecule is CCNC(=O)CN(CC)C(=O)COC(=O)c1cc2sc3ccccc3c2s1. The molecule has 0 aliphatic rings. The molecule has 3 aromatic rings. The molecule has 0 radical (unpaired) electrons. The van der Waals surface area contributed by atoms with Crippen molar-refractivity contribution in [2.75, 3.05) is 26.2 Å². The quantitative estimate of drug-likeness (QED) is 0.614. The Hall–Kier alpha value is -2.45. The summed E-state index contributed by atoms with van der Waals surface area (Å²) in [5, 5.41) is 3.77. The minimum atomic E-state index is -0.519. The van der Waals surface area contributed by atoms with Crippen LogP contribution in [0.15, 0.2) is 30.3 Å². The van der Waals surface area contributed by atoms with Crippen LogP contribution >= 0.6 is 22.7 Å². The lowest BCUT2D eigenvalue weighted by atomic mass is 10.2. The average molecular weight is 405 g/mol. The highest BCUT2D eigenvalue weighted by atomic mass is 32.1. The fourth-order valence-electron chi connectivity index (χ4n) is 2.69. The molecule has 0 spiro atoms. The van der Waals surface area contributed by atoms with E-state index in [-0.39, 0.29) is 25.0 Å². The fraction of sp³-hybridized carbons (Fsp3) is 0.316. The molecule has 0 aliphatic carbocycles. The predicted octanol–water partition coefficient (Wildman–Crippen LogP) is 3.26. The molecular formula is C19H20N2O4S2. The number of ether oxygens (including phenoxy) is 1. The Labute approximate surface area is 164 Å². The Morgan fingerprint density at radius 1 is 1.11 bits per heavy atom. The third kappa shape index (κ3) is 4.28. The van der Waals surface area contributed by atoms with Gasteiger partial charge in [-0.25, -0.2) is 4.79 Å². The summed E-state index contributed by atoms with van der Waals surface area (Å²) in [6.07, 6.45) is 0. The van der Waals surface area contributed by atoms with Gasteiger partial charge in [0.15, 0.2) is 6.61 Å². The molecule has 6 nitrogen and oxygen atoms in total. The number of thiophene rings is 2. The second kappa shape index (κ2) is 8.49. The van der Waals surface area contributed by atoms with Gasteiger partial charge in [-0.05, 0) is 26.0 Å². The number of likely N-dealkylation sites (N-methyl/N-ethyl adjacent to an activating group) is 2. The lowest BCUT2D eigenvalue weighted by molar-refractivity contribution is -0.138. The summed E-state index contributed by atoms with van der Waals surface area (Å²) < 4.78 is 8.45. The topological polar surface area (TPSA) is 75.7 Å². The minimum Gasteiger partial charge on any atom is -0.451 e. The first-order chi connectivity index (χ1) is 13.0. The highest BCUT2D eigenvalue weighted by Gasteiger charge is 2.19. The van der Waals surface area contributed by atoms with Crippen molar-refractivity contribution in [1.82, 2.24) is 10.2 Å². The largest absolute Gasteiger partial charge is 0.451 e. The first-order valence-electron chi connectivity index (χ1n) is 8.66. The highest BCUT2D eigenvalue weighted by molar-refractivity contribution is 7.33. The molecule has 0 saturated carbocycles. The molecular weight excluding hydrogens is 384 g/mol. The third-order valence-electron chi connectivity index (χ3n) is 4.02. The molecule has 0 bridgehead atoms. The van der Waals surface area contributed by atoms with Crippen molar-refractivity contribution >= 4 is 59.9 Å². The number of carbonyl (C=O) groups excluding carboxylic acids is 3. The van der Waals surface area contributed by atoms with Gasteiger partial charge in [0.1, 0.15) is 4.88 Å². The van der Waals surface area contributed by atoms with Gasteiger partial charge in [0, 0.05) is 27.9 Å². The Balaban J connectivity index is 1.63. The number of hydrogen-bond donors (Lipinski definition) is 1. The van der Waals surface area contributed by atoms with E-state index in [2.05, 4.69) is 11.4 Å². The number of hydrogen-bond acceptors (Lipinski definition) is 6. The maximum absolute atomic E-state index is 12.3. The zero-order valence-corrected chi connectivity index (χ0v) is 16.7. The van der Waals surface area contributed by atoms with E-state index in [4.69, 9.17) is 4.74 Å². The van der Waals surface area contributed by atoms with Gasteiger partial charge in [-0.3, -0.25) is 9.59 Å². The van der Waals surface area contributed by atoms with E-state index >= 15 is 0 Å². The Morgan fingerprint density at radius 3 is 2.63 bits per heavy atom. The molecule has 1 aromatic carbocycles. The molecule has 0 fully saturated rings. The van der Waals surface area contributed by atoms with E-state index in [1.807, 2.05) is 31.2 Å². The third-order valence-corrected chi connectivity index (χ3v) is 6.42. The van der Waals surface area contributed by atoms with Gasteiger partial charge in [0.25, 0.3) is 5.91 Å². The van der Waals surface area contributed by atoms with Crippen LogP contribution in [-0.4, -0.2) is 48.9 Å². The summed E-state index contributed by atoms with van der Waals surface area (Å²) in [4.78, 5) is 38.0. The minimum absolute atomic E-state index is 0.0402. The lowest BCUT2D eigenvalue weighted by Gasteiger charge is -2.19. The van der Waals surface area contributed by atoms with Crippen LogP contribution in [0.25, 0.3) is 19.5 Å². The molecule has 0 aliphatic heterocycles. The van der Waals surface area contributed by atoms with E-state index in [0.29, 0.717) is 18.0 Å². The Morgan fingerprint density at radius 2 is 1.89 bits per heavy atom. The number of nitrogens with zero attached hydrogens (tertiary/aromatic N) is 1. The van der Waals surface area contributed by atoms with Crippen LogP contribution in [0.1, 0.15) is 23.5 Å². The molecule has 2 amide bonds. The molecule has 142 valence electrons. The second-order valence-corrected chi connectivity index (χ2v) is 7.98. The molecule has 2 aromatic heterocycles. The first-order valence-corrected chi connectivity index (χ1v) is 10.3. The van der Waals surface area contributed by atoms with Gasteiger partial charge in [-0.1, -0.05) is 18.2 Å². The number of rotatable bonds is 7. The Kier molecular flexibility index (Phi) is 6.08. The van der Waals surface area contributed by atoms with Gasteiger partial charge in [0.2, 0.25) is 5.91 Å². The number of esters is 1. The van der Waals surface area contributed by atoms with E-state index in [1.54, 1.807) is 18.3 Å². The first kappa shape index (κ1) is 19.3. The van der Waals surface area contributed by atoms with Gasteiger partial charge in [-0.2, -0.15) is 0 Å². The van der Waals surface area contributed by atoms with Crippen LogP contribution in [0.3, 0.4) is 0 Å². The summed E-state index contributed by atoms with van der Waals surface area (Å²) in [6.45, 7) is 4.04. The molecule has 27 heavy (non-hydrogen) atoms. The van der Waals surface area contributed by atoms with Crippen LogP contribution in [0, 0.1) is 0 Å². The Bertz CT molecular complexity index is 992. The molecule has 3 rings (SSSR count). The van der Waals surface area contributed by atoms with Crippen molar-refractivity contribution in [2.45, 2.75) is 13.8 Å².